The maximum atomic E-state index is 14.4. The molecule has 0 N–H and O–H groups in total. The number of benzene rings is 2. The average molecular weight is 359 g/mol. The summed E-state index contributed by atoms with van der Waals surface area (Å²) < 4.78 is 38.8. The molecule has 0 aliphatic rings. The quantitative estimate of drug-likeness (QED) is 0.389. The van der Waals surface area contributed by atoms with Gasteiger partial charge in [-0.3, -0.25) is 0 Å². The first kappa shape index (κ1) is 19.3. The van der Waals surface area contributed by atoms with E-state index in [1.165, 1.54) is 19.2 Å². The number of hydrogen-bond donors (Lipinski definition) is 0. The van der Waals surface area contributed by atoms with Gasteiger partial charge in [0.1, 0.15) is 12.4 Å². The first-order valence-corrected chi connectivity index (χ1v) is 7.89. The molecule has 0 radical (unpaired) electrons. The number of rotatable bonds is 8. The Morgan fingerprint density at radius 3 is 2.38 bits per heavy atom. The number of ether oxygens (including phenoxy) is 2. The van der Waals surface area contributed by atoms with Gasteiger partial charge in [0.05, 0.1) is 12.8 Å². The van der Waals surface area contributed by atoms with Crippen LogP contribution < -0.4 is 4.74 Å². The minimum Gasteiger partial charge on any atom is -0.497 e. The van der Waals surface area contributed by atoms with Gasteiger partial charge in [0.15, 0.2) is 5.71 Å². The molecule has 0 atom stereocenters. The maximum Gasteiger partial charge on any atom is 0.359 e. The van der Waals surface area contributed by atoms with E-state index in [1.54, 1.807) is 42.5 Å². The minimum absolute atomic E-state index is 0.120. The highest BCUT2D eigenvalue weighted by Gasteiger charge is 2.40. The van der Waals surface area contributed by atoms with Crippen molar-refractivity contribution in [2.45, 2.75) is 19.0 Å². The molecule has 0 bridgehead atoms. The molecule has 0 fully saturated rings. The van der Waals surface area contributed by atoms with Crippen LogP contribution in [-0.4, -0.2) is 24.7 Å². The normalized spacial score (nSPS) is 11.7. The predicted octanol–water partition coefficient (Wildman–Crippen LogP) is 4.72. The maximum absolute atomic E-state index is 14.4. The van der Waals surface area contributed by atoms with Crippen LogP contribution >= 0.6 is 0 Å². The summed E-state index contributed by atoms with van der Waals surface area (Å²) in [6, 6.07) is 14.9. The zero-order valence-electron chi connectivity index (χ0n) is 14.3. The second kappa shape index (κ2) is 8.89. The van der Waals surface area contributed by atoms with Gasteiger partial charge in [-0.2, -0.15) is 8.78 Å². The Labute approximate surface area is 150 Å². The van der Waals surface area contributed by atoms with Crippen LogP contribution in [0.4, 0.5) is 14.5 Å². The van der Waals surface area contributed by atoms with Crippen LogP contribution in [-0.2, 0) is 16.1 Å². The molecular weight excluding hydrogens is 340 g/mol. The molecule has 2 rings (SSSR count). The lowest BCUT2D eigenvalue weighted by Crippen LogP contribution is -2.36. The third kappa shape index (κ3) is 5.24. The molecular formula is C20H19F2NO3. The summed E-state index contributed by atoms with van der Waals surface area (Å²) in [5.74, 6) is -4.11. The van der Waals surface area contributed by atoms with Gasteiger partial charge in [-0.15, -0.1) is 6.58 Å². The fourth-order valence-electron chi connectivity index (χ4n) is 2.13. The van der Waals surface area contributed by atoms with Gasteiger partial charge < -0.3 is 9.47 Å². The standard InChI is InChI=1S/C20H19F2NO3/c1-3-13-20(21,22)18(23-16-9-11-17(25-2)12-10-16)19(24)26-14-15-7-5-4-6-8-15/h3-12H,1,13-14H2,2H3. The molecule has 26 heavy (non-hydrogen) atoms. The molecule has 2 aromatic rings. The Bertz CT molecular complexity index is 771. The molecule has 0 saturated heterocycles. The second-order valence-electron chi connectivity index (χ2n) is 5.42. The third-order valence-electron chi connectivity index (χ3n) is 3.47. The van der Waals surface area contributed by atoms with Crippen molar-refractivity contribution in [3.05, 3.63) is 72.8 Å². The topological polar surface area (TPSA) is 47.9 Å². The summed E-state index contributed by atoms with van der Waals surface area (Å²) in [6.07, 6.45) is 0.316. The van der Waals surface area contributed by atoms with Crippen molar-refractivity contribution in [3.8, 4) is 5.75 Å². The Hall–Kier alpha value is -3.02. The number of esters is 1. The Balaban J connectivity index is 2.25. The number of alkyl halides is 2. The fourth-order valence-corrected chi connectivity index (χ4v) is 2.13. The summed E-state index contributed by atoms with van der Waals surface area (Å²) in [5.41, 5.74) is -0.0728. The molecule has 0 unspecified atom stereocenters. The summed E-state index contributed by atoms with van der Waals surface area (Å²) in [5, 5.41) is 0. The van der Waals surface area contributed by atoms with Gasteiger partial charge in [-0.25, -0.2) is 9.79 Å². The molecule has 2 aromatic carbocycles. The molecule has 136 valence electrons. The lowest BCUT2D eigenvalue weighted by Gasteiger charge is -2.16. The van der Waals surface area contributed by atoms with E-state index in [0.29, 0.717) is 11.3 Å². The molecule has 0 heterocycles. The number of methoxy groups -OCH3 is 1. The van der Waals surface area contributed by atoms with Crippen LogP contribution in [0.1, 0.15) is 12.0 Å². The van der Waals surface area contributed by atoms with E-state index >= 15 is 0 Å². The zero-order valence-corrected chi connectivity index (χ0v) is 14.3. The molecule has 6 heteroatoms. The highest BCUT2D eigenvalue weighted by atomic mass is 19.3. The highest BCUT2D eigenvalue weighted by Crippen LogP contribution is 2.26. The predicted molar refractivity (Wildman–Crippen MR) is 96.1 cm³/mol. The van der Waals surface area contributed by atoms with E-state index in [1.807, 2.05) is 0 Å². The third-order valence-corrected chi connectivity index (χ3v) is 3.47. The number of carbonyl (C=O) groups excluding carboxylic acids is 1. The number of hydrogen-bond acceptors (Lipinski definition) is 4. The summed E-state index contributed by atoms with van der Waals surface area (Å²) in [4.78, 5) is 16.1. The molecule has 0 aliphatic heterocycles. The van der Waals surface area contributed by atoms with Crippen molar-refractivity contribution in [2.75, 3.05) is 7.11 Å². The number of nitrogens with zero attached hydrogens (tertiary/aromatic N) is 1. The van der Waals surface area contributed by atoms with Gasteiger partial charge in [0, 0.05) is 6.42 Å². The summed E-state index contributed by atoms with van der Waals surface area (Å²) in [7, 11) is 1.49. The van der Waals surface area contributed by atoms with Gasteiger partial charge in [-0.05, 0) is 29.8 Å². The Morgan fingerprint density at radius 2 is 1.81 bits per heavy atom. The molecule has 0 spiro atoms. The Kier molecular flexibility index (Phi) is 6.60. The van der Waals surface area contributed by atoms with Gasteiger partial charge in [0.2, 0.25) is 0 Å². The van der Waals surface area contributed by atoms with E-state index in [-0.39, 0.29) is 12.3 Å². The molecule has 0 aliphatic carbocycles. The highest BCUT2D eigenvalue weighted by molar-refractivity contribution is 6.39. The number of aliphatic imine (C=N–C) groups is 1. The van der Waals surface area contributed by atoms with Crippen molar-refractivity contribution >= 4 is 17.4 Å². The largest absolute Gasteiger partial charge is 0.497 e. The van der Waals surface area contributed by atoms with Crippen LogP contribution in [0.3, 0.4) is 0 Å². The van der Waals surface area contributed by atoms with Crippen molar-refractivity contribution in [2.24, 2.45) is 4.99 Å². The fraction of sp³-hybridized carbons (Fsp3) is 0.200. The van der Waals surface area contributed by atoms with E-state index < -0.39 is 24.0 Å². The van der Waals surface area contributed by atoms with Crippen LogP contribution in [0, 0.1) is 0 Å². The summed E-state index contributed by atoms with van der Waals surface area (Å²) in [6.45, 7) is 3.19. The van der Waals surface area contributed by atoms with Gasteiger partial charge in [-0.1, -0.05) is 36.4 Å². The lowest BCUT2D eigenvalue weighted by molar-refractivity contribution is -0.138. The smallest absolute Gasteiger partial charge is 0.359 e. The molecule has 4 nitrogen and oxygen atoms in total. The average Bonchev–Trinajstić information content (AvgIpc) is 2.65. The second-order valence-corrected chi connectivity index (χ2v) is 5.42. The monoisotopic (exact) mass is 359 g/mol. The Morgan fingerprint density at radius 1 is 1.15 bits per heavy atom. The molecule has 0 amide bonds. The minimum atomic E-state index is -3.49. The summed E-state index contributed by atoms with van der Waals surface area (Å²) >= 11 is 0. The van der Waals surface area contributed by atoms with E-state index in [2.05, 4.69) is 11.6 Å². The van der Waals surface area contributed by atoms with Crippen molar-refractivity contribution in [1.29, 1.82) is 0 Å². The van der Waals surface area contributed by atoms with E-state index in [9.17, 15) is 13.6 Å². The van der Waals surface area contributed by atoms with Crippen LogP contribution in [0.5, 0.6) is 5.75 Å². The van der Waals surface area contributed by atoms with Crippen LogP contribution in [0.2, 0.25) is 0 Å². The first-order valence-electron chi connectivity index (χ1n) is 7.89. The first-order chi connectivity index (χ1) is 12.5. The molecule has 0 saturated carbocycles. The van der Waals surface area contributed by atoms with Crippen molar-refractivity contribution in [3.63, 3.8) is 0 Å². The van der Waals surface area contributed by atoms with Gasteiger partial charge in [0.25, 0.3) is 5.92 Å². The van der Waals surface area contributed by atoms with Crippen LogP contribution in [0.15, 0.2) is 72.2 Å². The lowest BCUT2D eigenvalue weighted by atomic mass is 10.1. The van der Waals surface area contributed by atoms with Crippen molar-refractivity contribution in [1.82, 2.24) is 0 Å². The zero-order chi connectivity index (χ0) is 19.0. The molecule has 0 aromatic heterocycles. The van der Waals surface area contributed by atoms with E-state index in [0.717, 1.165) is 6.08 Å². The van der Waals surface area contributed by atoms with E-state index in [4.69, 9.17) is 9.47 Å². The number of allylic oxidation sites excluding steroid dienone is 1. The number of halogens is 2. The van der Waals surface area contributed by atoms with Crippen LogP contribution in [0.25, 0.3) is 0 Å². The van der Waals surface area contributed by atoms with Crippen molar-refractivity contribution < 1.29 is 23.0 Å². The SMILES string of the molecule is C=CCC(F)(F)C(=Nc1ccc(OC)cc1)C(=O)OCc1ccccc1. The van der Waals surface area contributed by atoms with Gasteiger partial charge >= 0.3 is 5.97 Å². The number of carbonyl (C=O) groups is 1.